The maximum absolute atomic E-state index is 14.6. The molecule has 2 saturated heterocycles. The highest BCUT2D eigenvalue weighted by molar-refractivity contribution is 5.99. The molecule has 7 nitrogen and oxygen atoms in total. The highest BCUT2D eigenvalue weighted by Crippen LogP contribution is 2.33. The lowest BCUT2D eigenvalue weighted by molar-refractivity contribution is -0.130. The molecule has 0 bridgehead atoms. The number of hydrogen-bond acceptors (Lipinski definition) is 4. The molecule has 2 amide bonds. The van der Waals surface area contributed by atoms with E-state index >= 15 is 0 Å². The van der Waals surface area contributed by atoms with Gasteiger partial charge in [-0.05, 0) is 108 Å². The minimum atomic E-state index is -0.418. The maximum atomic E-state index is 14.6. The molecule has 42 heavy (non-hydrogen) atoms. The van der Waals surface area contributed by atoms with Gasteiger partial charge in [0.1, 0.15) is 5.82 Å². The fourth-order valence-corrected chi connectivity index (χ4v) is 7.24. The van der Waals surface area contributed by atoms with E-state index in [2.05, 4.69) is 23.0 Å². The normalized spacial score (nSPS) is 18.5. The van der Waals surface area contributed by atoms with Crippen LogP contribution >= 0.6 is 0 Å². The van der Waals surface area contributed by atoms with Crippen molar-refractivity contribution in [1.82, 2.24) is 24.3 Å². The Bertz CT molecular complexity index is 1430. The molecule has 226 valence electrons. The fraction of sp³-hybridized carbons (Fsp3) is 0.559. The molecular formula is C34H46FN5O2. The van der Waals surface area contributed by atoms with Gasteiger partial charge in [-0.3, -0.25) is 14.6 Å². The van der Waals surface area contributed by atoms with Crippen molar-refractivity contribution in [2.45, 2.75) is 79.3 Å². The Hall–Kier alpha value is -3.26. The van der Waals surface area contributed by atoms with Gasteiger partial charge in [-0.25, -0.2) is 4.39 Å². The van der Waals surface area contributed by atoms with E-state index < -0.39 is 5.82 Å². The van der Waals surface area contributed by atoms with Crippen LogP contribution in [0.5, 0.6) is 0 Å². The van der Waals surface area contributed by atoms with Gasteiger partial charge in [0.15, 0.2) is 0 Å². The van der Waals surface area contributed by atoms with Crippen molar-refractivity contribution in [3.05, 3.63) is 59.3 Å². The van der Waals surface area contributed by atoms with Crippen molar-refractivity contribution in [3.8, 4) is 5.69 Å². The zero-order valence-electron chi connectivity index (χ0n) is 26.1. The largest absolute Gasteiger partial charge is 0.343 e. The first-order valence-corrected chi connectivity index (χ1v) is 15.6. The first-order chi connectivity index (χ1) is 20.0. The van der Waals surface area contributed by atoms with Crippen LogP contribution in [-0.4, -0.2) is 80.9 Å². The van der Waals surface area contributed by atoms with E-state index in [1.807, 2.05) is 54.5 Å². The van der Waals surface area contributed by atoms with Crippen LogP contribution in [0.4, 0.5) is 4.39 Å². The molecule has 2 aromatic heterocycles. The van der Waals surface area contributed by atoms with E-state index in [9.17, 15) is 14.0 Å². The third-order valence-corrected chi connectivity index (χ3v) is 9.23. The summed E-state index contributed by atoms with van der Waals surface area (Å²) in [6, 6.07) is 4.51. The molecule has 2 aliphatic rings. The third-order valence-electron chi connectivity index (χ3n) is 9.23. The molecule has 1 atom stereocenters. The summed E-state index contributed by atoms with van der Waals surface area (Å²) in [7, 11) is 0. The number of rotatable bonds is 8. The number of carbonyl (C=O) groups excluding carboxylic acids is 2. The smallest absolute Gasteiger partial charge is 0.256 e. The van der Waals surface area contributed by atoms with Crippen LogP contribution in [0, 0.1) is 24.6 Å². The summed E-state index contributed by atoms with van der Waals surface area (Å²) < 4.78 is 16.6. The van der Waals surface area contributed by atoms with Crippen LogP contribution in [0.1, 0.15) is 75.4 Å². The van der Waals surface area contributed by atoms with Gasteiger partial charge in [-0.15, -0.1) is 0 Å². The monoisotopic (exact) mass is 575 g/mol. The minimum Gasteiger partial charge on any atom is -0.343 e. The van der Waals surface area contributed by atoms with Gasteiger partial charge < -0.3 is 19.3 Å². The molecule has 5 rings (SSSR count). The number of aromatic nitrogens is 2. The molecule has 0 aliphatic carbocycles. The summed E-state index contributed by atoms with van der Waals surface area (Å²) >= 11 is 0. The molecule has 0 unspecified atom stereocenters. The predicted molar refractivity (Wildman–Crippen MR) is 165 cm³/mol. The van der Waals surface area contributed by atoms with Gasteiger partial charge in [-0.2, -0.15) is 0 Å². The Labute approximate surface area is 249 Å². The van der Waals surface area contributed by atoms with Crippen LogP contribution < -0.4 is 0 Å². The molecule has 2 aliphatic heterocycles. The van der Waals surface area contributed by atoms with Crippen LogP contribution in [0.3, 0.4) is 0 Å². The Morgan fingerprint density at radius 1 is 1.02 bits per heavy atom. The van der Waals surface area contributed by atoms with Crippen LogP contribution in [0.25, 0.3) is 16.6 Å². The number of hydrogen-bond donors (Lipinski definition) is 0. The average molecular weight is 576 g/mol. The van der Waals surface area contributed by atoms with Crippen molar-refractivity contribution in [2.24, 2.45) is 11.8 Å². The first-order valence-electron chi connectivity index (χ1n) is 15.6. The molecule has 0 spiro atoms. The number of carbonyl (C=O) groups is 2. The molecule has 2 fully saturated rings. The summed E-state index contributed by atoms with van der Waals surface area (Å²) in [5.74, 6) is 0.798. The van der Waals surface area contributed by atoms with E-state index in [0.717, 1.165) is 69.5 Å². The lowest BCUT2D eigenvalue weighted by atomic mass is 9.96. The first kappa shape index (κ1) is 30.2. The van der Waals surface area contributed by atoms with Gasteiger partial charge in [0, 0.05) is 63.0 Å². The summed E-state index contributed by atoms with van der Waals surface area (Å²) in [6.45, 7) is 16.8. The van der Waals surface area contributed by atoms with Gasteiger partial charge >= 0.3 is 0 Å². The Kier molecular flexibility index (Phi) is 9.02. The highest BCUT2D eigenvalue weighted by atomic mass is 19.1. The number of halogens is 1. The third kappa shape index (κ3) is 6.24. The molecule has 0 saturated carbocycles. The Morgan fingerprint density at radius 2 is 1.71 bits per heavy atom. The second kappa shape index (κ2) is 12.5. The Balaban J connectivity index is 1.40. The minimum absolute atomic E-state index is 0.0125. The Morgan fingerprint density at radius 3 is 2.38 bits per heavy atom. The molecule has 4 heterocycles. The molecule has 1 aromatic carbocycles. The van der Waals surface area contributed by atoms with Gasteiger partial charge in [0.05, 0.1) is 23.0 Å². The maximum Gasteiger partial charge on any atom is 0.256 e. The summed E-state index contributed by atoms with van der Waals surface area (Å²) in [6.07, 6.45) is 10.2. The quantitative estimate of drug-likeness (QED) is 0.338. The van der Waals surface area contributed by atoms with E-state index in [1.54, 1.807) is 13.0 Å². The number of aryl methyl sites for hydroxylation is 1. The van der Waals surface area contributed by atoms with Crippen molar-refractivity contribution >= 4 is 22.7 Å². The lowest BCUT2D eigenvalue weighted by Gasteiger charge is -2.33. The zero-order valence-corrected chi connectivity index (χ0v) is 26.1. The fourth-order valence-electron chi connectivity index (χ4n) is 7.24. The van der Waals surface area contributed by atoms with E-state index in [-0.39, 0.29) is 23.9 Å². The number of piperidine rings is 1. The number of pyridine rings is 1. The summed E-state index contributed by atoms with van der Waals surface area (Å²) in [4.78, 5) is 36.4. The number of likely N-dealkylation sites (tertiary alicyclic amines) is 2. The van der Waals surface area contributed by atoms with Crippen molar-refractivity contribution in [1.29, 1.82) is 0 Å². The topological polar surface area (TPSA) is 61.7 Å². The number of benzene rings is 1. The molecule has 0 radical (unpaired) electrons. The zero-order chi connectivity index (χ0) is 30.1. The average Bonchev–Trinajstić information content (AvgIpc) is 3.53. The molecule has 3 aromatic rings. The molecule has 0 N–H and O–H groups in total. The van der Waals surface area contributed by atoms with Crippen LogP contribution in [0.2, 0.25) is 0 Å². The number of amides is 2. The van der Waals surface area contributed by atoms with E-state index in [4.69, 9.17) is 0 Å². The predicted octanol–water partition coefficient (Wildman–Crippen LogP) is 5.85. The second-order valence-corrected chi connectivity index (χ2v) is 13.0. The number of nitrogens with zero attached hydrogens (tertiary/aromatic N) is 5. The van der Waals surface area contributed by atoms with Crippen molar-refractivity contribution in [2.75, 3.05) is 32.7 Å². The van der Waals surface area contributed by atoms with Crippen LogP contribution in [-0.2, 0) is 11.2 Å². The second-order valence-electron chi connectivity index (χ2n) is 13.0. The number of fused-ring (bicyclic) bond motifs is 1. The summed E-state index contributed by atoms with van der Waals surface area (Å²) in [5.41, 5.74) is 4.35. The standard InChI is InChI=1S/C34H46FN5O2/c1-22(2)40(23(3)4)34(42)30-16-29(35)7-8-31(30)39-21-28(33-24(5)17-36-18-32(33)39)15-27-9-12-37(20-27)19-26-10-13-38(14-11-26)25(6)41/h7-8,16-18,21-23,26-27H,9-15,19-20H2,1-6H3/t27-/m0/s1. The van der Waals surface area contributed by atoms with E-state index in [0.29, 0.717) is 23.1 Å². The highest BCUT2D eigenvalue weighted by Gasteiger charge is 2.30. The SMILES string of the molecule is CC(=O)N1CCC(CN2CC[C@@H](Cc3cn(-c4ccc(F)cc4C(=O)N(C(C)C)C(C)C)c4cncc(C)c34)C2)CC1. The van der Waals surface area contributed by atoms with Crippen LogP contribution in [0.15, 0.2) is 36.8 Å². The molecule has 8 heteroatoms. The van der Waals surface area contributed by atoms with Gasteiger partial charge in [0.25, 0.3) is 5.91 Å². The van der Waals surface area contributed by atoms with Crippen molar-refractivity contribution < 1.29 is 14.0 Å². The van der Waals surface area contributed by atoms with Gasteiger partial charge in [0.2, 0.25) is 5.91 Å². The van der Waals surface area contributed by atoms with Gasteiger partial charge in [-0.1, -0.05) is 0 Å². The molecular weight excluding hydrogens is 529 g/mol. The lowest BCUT2D eigenvalue weighted by Crippen LogP contribution is -2.42. The summed E-state index contributed by atoms with van der Waals surface area (Å²) in [5, 5.41) is 1.17. The van der Waals surface area contributed by atoms with E-state index in [1.165, 1.54) is 23.1 Å². The van der Waals surface area contributed by atoms with Crippen molar-refractivity contribution in [3.63, 3.8) is 0 Å².